The van der Waals surface area contributed by atoms with Gasteiger partial charge in [-0.2, -0.15) is 5.21 Å². The minimum absolute atomic E-state index is 0.0416. The number of tetrazole rings is 1. The van der Waals surface area contributed by atoms with E-state index in [0.29, 0.717) is 29.6 Å². The summed E-state index contributed by atoms with van der Waals surface area (Å²) < 4.78 is 7.87. The van der Waals surface area contributed by atoms with Crippen LogP contribution in [-0.4, -0.2) is 49.2 Å². The van der Waals surface area contributed by atoms with Gasteiger partial charge in [-0.05, 0) is 47.4 Å². The highest BCUT2D eigenvalue weighted by Crippen LogP contribution is 2.30. The maximum absolute atomic E-state index is 13.0. The number of rotatable bonds is 13. The maximum Gasteiger partial charge on any atom is 0.323 e. The van der Waals surface area contributed by atoms with Crippen LogP contribution in [0.25, 0.3) is 22.5 Å². The third-order valence-electron chi connectivity index (χ3n) is 7.24. The zero-order chi connectivity index (χ0) is 29.3. The second kappa shape index (κ2) is 14.0. The Labute approximate surface area is 250 Å². The molecule has 10 heteroatoms. The molecule has 2 N–H and O–H groups in total. The zero-order valence-corrected chi connectivity index (χ0v) is 24.5. The average molecular weight is 584 g/mol. The minimum Gasteiger partial charge on any atom is -0.458 e. The molecular weight excluding hydrogens is 550 g/mol. The normalized spacial score (nSPS) is 11.9. The lowest BCUT2D eigenvalue weighted by atomic mass is 9.98. The first-order valence-electron chi connectivity index (χ1n) is 14.1. The summed E-state index contributed by atoms with van der Waals surface area (Å²) in [5.41, 5.74) is 5.78. The molecule has 0 aliphatic heterocycles. The molecule has 0 saturated carbocycles. The molecule has 2 heterocycles. The number of hydrogen-bond donors (Lipinski definition) is 2. The van der Waals surface area contributed by atoms with Crippen molar-refractivity contribution in [3.8, 4) is 22.5 Å². The van der Waals surface area contributed by atoms with Gasteiger partial charge in [0.2, 0.25) is 5.82 Å². The summed E-state index contributed by atoms with van der Waals surface area (Å²) in [5.74, 6) is 1.10. The standard InChI is InChI=1S/C32H34ClN7O2/c1-3-4-14-29-35-30(33)28(21-42-32(41)27(34-2)19-22-10-6-5-7-11-22)40(29)20-23-15-17-24(18-16-23)25-12-8-9-13-26(25)31-36-38-39-37-31/h5-13,15-18,27,34H,3-4,14,19-21H2,1-2H3,(H,36,37,38,39). The molecule has 2 aromatic heterocycles. The Balaban J connectivity index is 1.35. The highest BCUT2D eigenvalue weighted by Gasteiger charge is 2.22. The van der Waals surface area contributed by atoms with Crippen molar-refractivity contribution in [1.82, 2.24) is 35.5 Å². The number of aromatic amines is 1. The van der Waals surface area contributed by atoms with E-state index in [1.807, 2.05) is 54.6 Å². The third-order valence-corrected chi connectivity index (χ3v) is 7.55. The number of aromatic nitrogens is 6. The van der Waals surface area contributed by atoms with Crippen molar-refractivity contribution in [2.45, 2.75) is 51.8 Å². The molecule has 0 amide bonds. The molecule has 0 aliphatic carbocycles. The van der Waals surface area contributed by atoms with Crippen LogP contribution in [0.2, 0.25) is 5.15 Å². The van der Waals surface area contributed by atoms with Gasteiger partial charge in [0.15, 0.2) is 5.15 Å². The number of imidazole rings is 1. The molecule has 42 heavy (non-hydrogen) atoms. The summed E-state index contributed by atoms with van der Waals surface area (Å²) in [7, 11) is 1.76. The van der Waals surface area contributed by atoms with Gasteiger partial charge >= 0.3 is 5.97 Å². The number of hydrogen-bond acceptors (Lipinski definition) is 7. The van der Waals surface area contributed by atoms with Crippen LogP contribution in [0.15, 0.2) is 78.9 Å². The van der Waals surface area contributed by atoms with E-state index in [0.717, 1.165) is 52.9 Å². The Bertz CT molecular complexity index is 1590. The Morgan fingerprint density at radius 1 is 1.00 bits per heavy atom. The minimum atomic E-state index is -0.468. The molecule has 216 valence electrons. The lowest BCUT2D eigenvalue weighted by Crippen LogP contribution is -2.37. The Hall–Kier alpha value is -4.34. The van der Waals surface area contributed by atoms with Gasteiger partial charge in [0, 0.05) is 18.5 Å². The number of aryl methyl sites for hydroxylation is 1. The molecule has 0 fully saturated rings. The van der Waals surface area contributed by atoms with E-state index in [4.69, 9.17) is 16.3 Å². The summed E-state index contributed by atoms with van der Waals surface area (Å²) in [5, 5.41) is 18.0. The van der Waals surface area contributed by atoms with Crippen LogP contribution in [0, 0.1) is 0 Å². The van der Waals surface area contributed by atoms with E-state index in [2.05, 4.69) is 66.7 Å². The molecule has 0 bridgehead atoms. The number of likely N-dealkylation sites (N-methyl/N-ethyl adjacent to an activating group) is 1. The van der Waals surface area contributed by atoms with Crippen LogP contribution in [0.4, 0.5) is 0 Å². The summed E-state index contributed by atoms with van der Waals surface area (Å²) in [6.45, 7) is 2.74. The largest absolute Gasteiger partial charge is 0.458 e. The Morgan fingerprint density at radius 3 is 2.43 bits per heavy atom. The summed E-state index contributed by atoms with van der Waals surface area (Å²) >= 11 is 6.64. The molecule has 0 radical (unpaired) electrons. The highest BCUT2D eigenvalue weighted by molar-refractivity contribution is 6.30. The molecule has 9 nitrogen and oxygen atoms in total. The highest BCUT2D eigenvalue weighted by atomic mass is 35.5. The van der Waals surface area contributed by atoms with Gasteiger partial charge in [-0.25, -0.2) is 4.98 Å². The van der Waals surface area contributed by atoms with Crippen molar-refractivity contribution in [3.63, 3.8) is 0 Å². The number of ether oxygens (including phenoxy) is 1. The fourth-order valence-corrected chi connectivity index (χ4v) is 5.18. The third kappa shape index (κ3) is 6.92. The van der Waals surface area contributed by atoms with Gasteiger partial charge in [0.05, 0.1) is 5.69 Å². The Morgan fingerprint density at radius 2 is 1.74 bits per heavy atom. The van der Waals surface area contributed by atoms with Crippen molar-refractivity contribution in [2.24, 2.45) is 0 Å². The van der Waals surface area contributed by atoms with Crippen molar-refractivity contribution in [2.75, 3.05) is 7.05 Å². The molecule has 1 unspecified atom stereocenters. The SMILES string of the molecule is CCCCc1nc(Cl)c(COC(=O)C(Cc2ccccc2)NC)n1Cc1ccc(-c2ccccc2-c2nn[nH]n2)cc1. The van der Waals surface area contributed by atoms with Gasteiger partial charge in [0.1, 0.15) is 18.5 Å². The molecule has 3 aromatic carbocycles. The van der Waals surface area contributed by atoms with Gasteiger partial charge < -0.3 is 14.6 Å². The van der Waals surface area contributed by atoms with E-state index in [1.54, 1.807) is 7.05 Å². The van der Waals surface area contributed by atoms with Crippen molar-refractivity contribution < 1.29 is 9.53 Å². The zero-order valence-electron chi connectivity index (χ0n) is 23.8. The molecule has 5 rings (SSSR count). The van der Waals surface area contributed by atoms with E-state index in [-0.39, 0.29) is 12.6 Å². The van der Waals surface area contributed by atoms with E-state index < -0.39 is 6.04 Å². The monoisotopic (exact) mass is 583 g/mol. The van der Waals surface area contributed by atoms with Crippen LogP contribution < -0.4 is 5.32 Å². The van der Waals surface area contributed by atoms with Crippen LogP contribution in [0.5, 0.6) is 0 Å². The molecular formula is C32H34ClN7O2. The van der Waals surface area contributed by atoms with Crippen LogP contribution >= 0.6 is 11.6 Å². The molecule has 0 aliphatic rings. The number of carbonyl (C=O) groups is 1. The van der Waals surface area contributed by atoms with E-state index >= 15 is 0 Å². The molecule has 0 spiro atoms. The van der Waals surface area contributed by atoms with E-state index in [9.17, 15) is 4.79 Å². The van der Waals surface area contributed by atoms with Gasteiger partial charge in [0.25, 0.3) is 0 Å². The fraction of sp³-hybridized carbons (Fsp3) is 0.281. The number of carbonyl (C=O) groups excluding carboxylic acids is 1. The van der Waals surface area contributed by atoms with Crippen LogP contribution in [0.1, 0.15) is 42.4 Å². The lowest BCUT2D eigenvalue weighted by Gasteiger charge is -2.17. The number of nitrogens with zero attached hydrogens (tertiary/aromatic N) is 5. The summed E-state index contributed by atoms with van der Waals surface area (Å²) in [6, 6.07) is 25.7. The number of H-pyrrole nitrogens is 1. The van der Waals surface area contributed by atoms with Gasteiger partial charge in [-0.15, -0.1) is 10.2 Å². The quantitative estimate of drug-likeness (QED) is 0.172. The average Bonchev–Trinajstić information content (AvgIpc) is 3.67. The summed E-state index contributed by atoms with van der Waals surface area (Å²) in [6.07, 6.45) is 3.34. The molecule has 0 saturated heterocycles. The Kier molecular flexibility index (Phi) is 9.74. The van der Waals surface area contributed by atoms with E-state index in [1.165, 1.54) is 0 Å². The number of unbranched alkanes of at least 4 members (excludes halogenated alkanes) is 1. The topological polar surface area (TPSA) is 111 Å². The number of nitrogens with one attached hydrogen (secondary N) is 2. The molecule has 5 aromatic rings. The van der Waals surface area contributed by atoms with Crippen LogP contribution in [0.3, 0.4) is 0 Å². The maximum atomic E-state index is 13.0. The first-order chi connectivity index (χ1) is 20.6. The van der Waals surface area contributed by atoms with Crippen molar-refractivity contribution >= 4 is 17.6 Å². The number of halogens is 1. The molecule has 1 atom stereocenters. The van der Waals surface area contributed by atoms with Crippen molar-refractivity contribution in [1.29, 1.82) is 0 Å². The first-order valence-corrected chi connectivity index (χ1v) is 14.5. The van der Waals surface area contributed by atoms with Crippen molar-refractivity contribution in [3.05, 3.63) is 107 Å². The lowest BCUT2D eigenvalue weighted by molar-refractivity contribution is -0.147. The van der Waals surface area contributed by atoms with Crippen LogP contribution in [-0.2, 0) is 35.5 Å². The number of esters is 1. The second-order valence-corrected chi connectivity index (χ2v) is 10.4. The second-order valence-electron chi connectivity index (χ2n) is 10.1. The predicted molar refractivity (Wildman–Crippen MR) is 163 cm³/mol. The smallest absolute Gasteiger partial charge is 0.323 e. The fourth-order valence-electron chi connectivity index (χ4n) is 4.93. The first kappa shape index (κ1) is 29.2. The predicted octanol–water partition coefficient (Wildman–Crippen LogP) is 5.65. The van der Waals surface area contributed by atoms with Gasteiger partial charge in [-0.3, -0.25) is 4.79 Å². The number of benzene rings is 3. The van der Waals surface area contributed by atoms with Gasteiger partial charge in [-0.1, -0.05) is 104 Å². The summed E-state index contributed by atoms with van der Waals surface area (Å²) in [4.78, 5) is 17.7.